The summed E-state index contributed by atoms with van der Waals surface area (Å²) in [6.45, 7) is 3.87. The molecule has 1 aromatic carbocycles. The lowest BCUT2D eigenvalue weighted by atomic mass is 9.95. The zero-order valence-corrected chi connectivity index (χ0v) is 9.86. The molecule has 17 heavy (non-hydrogen) atoms. The lowest BCUT2D eigenvalue weighted by molar-refractivity contribution is 0.560. The number of aliphatic imine (C=N–C) groups is 2. The van der Waals surface area contributed by atoms with Crippen molar-refractivity contribution in [3.63, 3.8) is 0 Å². The highest BCUT2D eigenvalue weighted by atomic mass is 15.3. The Morgan fingerprint density at radius 3 is 2.59 bits per heavy atom. The number of nitrogens with zero attached hydrogens (tertiary/aromatic N) is 2. The number of fused-ring (bicyclic) bond motifs is 3. The number of nitrogens with one attached hydrogen (secondary N) is 1. The van der Waals surface area contributed by atoms with Crippen molar-refractivity contribution in [2.75, 3.05) is 5.32 Å². The topological polar surface area (TPSA) is 88.8 Å². The Balaban J connectivity index is 2.27. The van der Waals surface area contributed by atoms with E-state index in [0.29, 0.717) is 5.71 Å². The molecule has 0 amide bonds. The van der Waals surface area contributed by atoms with Crippen LogP contribution < -0.4 is 16.8 Å². The maximum Gasteiger partial charge on any atom is 0.185 e. The number of hydrogen-bond acceptors (Lipinski definition) is 5. The predicted octanol–water partition coefficient (Wildman–Crippen LogP) is 0.663. The first-order valence-electron chi connectivity index (χ1n) is 5.55. The minimum Gasteiger partial charge on any atom is -0.350 e. The van der Waals surface area contributed by atoms with Gasteiger partial charge < -0.3 is 5.32 Å². The van der Waals surface area contributed by atoms with Crippen molar-refractivity contribution in [2.24, 2.45) is 21.5 Å². The van der Waals surface area contributed by atoms with Crippen molar-refractivity contribution in [3.8, 4) is 0 Å². The molecule has 0 fully saturated rings. The van der Waals surface area contributed by atoms with Gasteiger partial charge in [-0.1, -0.05) is 18.2 Å². The van der Waals surface area contributed by atoms with E-state index in [2.05, 4.69) is 15.3 Å². The fraction of sp³-hybridized carbons (Fsp3) is 0.333. The Morgan fingerprint density at radius 1 is 1.12 bits per heavy atom. The molecule has 0 aliphatic carbocycles. The summed E-state index contributed by atoms with van der Waals surface area (Å²) in [5.41, 5.74) is 14.9. The number of para-hydroxylation sites is 1. The van der Waals surface area contributed by atoms with Gasteiger partial charge in [-0.2, -0.15) is 0 Å². The zero-order chi connectivity index (χ0) is 12.3. The highest BCUT2D eigenvalue weighted by molar-refractivity contribution is 6.54. The highest BCUT2D eigenvalue weighted by Crippen LogP contribution is 2.31. The third kappa shape index (κ3) is 1.47. The van der Waals surface area contributed by atoms with Crippen LogP contribution in [0.1, 0.15) is 19.4 Å². The van der Waals surface area contributed by atoms with Crippen molar-refractivity contribution >= 4 is 17.1 Å². The van der Waals surface area contributed by atoms with E-state index in [4.69, 9.17) is 11.5 Å². The van der Waals surface area contributed by atoms with Crippen molar-refractivity contribution in [1.82, 2.24) is 0 Å². The van der Waals surface area contributed by atoms with Gasteiger partial charge in [0, 0.05) is 11.3 Å². The van der Waals surface area contributed by atoms with E-state index in [1.165, 1.54) is 0 Å². The van der Waals surface area contributed by atoms with Gasteiger partial charge in [0.2, 0.25) is 0 Å². The molecular formula is C12H15N5. The summed E-state index contributed by atoms with van der Waals surface area (Å²) in [6, 6.07) is 7.83. The SMILES string of the molecule is CC1(C)N=C2C(=N1)C(N)(N)Nc1ccccc12. The van der Waals surface area contributed by atoms with Crippen LogP contribution >= 0.6 is 0 Å². The first-order chi connectivity index (χ1) is 7.89. The molecule has 5 N–H and O–H groups in total. The Morgan fingerprint density at radius 2 is 1.82 bits per heavy atom. The summed E-state index contributed by atoms with van der Waals surface area (Å²) in [5.74, 6) is -1.15. The summed E-state index contributed by atoms with van der Waals surface area (Å²) in [7, 11) is 0. The van der Waals surface area contributed by atoms with Crippen LogP contribution in [0, 0.1) is 0 Å². The van der Waals surface area contributed by atoms with E-state index < -0.39 is 11.4 Å². The molecular weight excluding hydrogens is 214 g/mol. The molecule has 0 aromatic heterocycles. The highest BCUT2D eigenvalue weighted by Gasteiger charge is 2.42. The van der Waals surface area contributed by atoms with Gasteiger partial charge in [-0.25, -0.2) is 0 Å². The van der Waals surface area contributed by atoms with Gasteiger partial charge >= 0.3 is 0 Å². The summed E-state index contributed by atoms with van der Waals surface area (Å²) in [5, 5.41) is 3.09. The van der Waals surface area contributed by atoms with E-state index in [1.807, 2.05) is 38.1 Å². The van der Waals surface area contributed by atoms with Crippen LogP contribution in [-0.2, 0) is 0 Å². The minimum absolute atomic E-state index is 0.492. The van der Waals surface area contributed by atoms with Crippen LogP contribution in [0.25, 0.3) is 0 Å². The lowest BCUT2D eigenvalue weighted by Crippen LogP contribution is -2.66. The number of nitrogens with two attached hydrogens (primary N) is 2. The molecule has 88 valence electrons. The molecule has 0 unspecified atom stereocenters. The van der Waals surface area contributed by atoms with Gasteiger partial charge in [-0.3, -0.25) is 21.5 Å². The second-order valence-electron chi connectivity index (χ2n) is 4.95. The number of rotatable bonds is 0. The second-order valence-corrected chi connectivity index (χ2v) is 4.95. The maximum atomic E-state index is 6.05. The molecule has 1 aromatic rings. The molecule has 2 aliphatic rings. The van der Waals surface area contributed by atoms with Crippen molar-refractivity contribution in [3.05, 3.63) is 29.8 Å². The van der Waals surface area contributed by atoms with Gasteiger partial charge in [0.05, 0.1) is 5.71 Å². The summed E-state index contributed by atoms with van der Waals surface area (Å²) < 4.78 is 0. The Bertz CT molecular complexity index is 554. The van der Waals surface area contributed by atoms with Gasteiger partial charge in [0.15, 0.2) is 5.79 Å². The average molecular weight is 229 g/mol. The Hall–Kier alpha value is -1.72. The van der Waals surface area contributed by atoms with E-state index in [1.54, 1.807) is 0 Å². The third-order valence-corrected chi connectivity index (χ3v) is 2.91. The fourth-order valence-electron chi connectivity index (χ4n) is 2.23. The molecule has 5 nitrogen and oxygen atoms in total. The van der Waals surface area contributed by atoms with Crippen molar-refractivity contribution in [1.29, 1.82) is 0 Å². The smallest absolute Gasteiger partial charge is 0.185 e. The summed E-state index contributed by atoms with van der Waals surface area (Å²) in [6.07, 6.45) is 0. The monoisotopic (exact) mass is 229 g/mol. The quantitative estimate of drug-likeness (QED) is 0.571. The first-order valence-corrected chi connectivity index (χ1v) is 5.55. The van der Waals surface area contributed by atoms with Gasteiger partial charge in [-0.05, 0) is 19.9 Å². The molecule has 0 spiro atoms. The standard InChI is InChI=1S/C12H15N5/c1-11(2)16-9-7-5-3-4-6-8(7)15-12(13,14)10(9)17-11/h3-6,15H,13-14H2,1-2H3. The van der Waals surface area contributed by atoms with Crippen LogP contribution in [0.3, 0.4) is 0 Å². The fourth-order valence-corrected chi connectivity index (χ4v) is 2.23. The Labute approximate surface area is 99.6 Å². The summed E-state index contributed by atoms with van der Waals surface area (Å²) in [4.78, 5) is 9.09. The molecule has 2 heterocycles. The molecule has 0 radical (unpaired) electrons. The molecule has 0 atom stereocenters. The largest absolute Gasteiger partial charge is 0.350 e. The molecule has 0 bridgehead atoms. The van der Waals surface area contributed by atoms with E-state index >= 15 is 0 Å². The van der Waals surface area contributed by atoms with Crippen LogP contribution in [0.15, 0.2) is 34.3 Å². The zero-order valence-electron chi connectivity index (χ0n) is 9.86. The van der Waals surface area contributed by atoms with Gasteiger partial charge in [-0.15, -0.1) is 0 Å². The first kappa shape index (κ1) is 10.4. The van der Waals surface area contributed by atoms with Crippen molar-refractivity contribution in [2.45, 2.75) is 25.3 Å². The Kier molecular flexibility index (Phi) is 1.80. The summed E-state index contributed by atoms with van der Waals surface area (Å²) >= 11 is 0. The normalized spacial score (nSPS) is 23.1. The third-order valence-electron chi connectivity index (χ3n) is 2.91. The second kappa shape index (κ2) is 2.94. The van der Waals surface area contributed by atoms with E-state index in [0.717, 1.165) is 17.0 Å². The number of anilines is 1. The van der Waals surface area contributed by atoms with Crippen molar-refractivity contribution < 1.29 is 0 Å². The number of benzene rings is 1. The van der Waals surface area contributed by atoms with E-state index in [9.17, 15) is 0 Å². The molecule has 3 rings (SSSR count). The van der Waals surface area contributed by atoms with Crippen LogP contribution in [0.2, 0.25) is 0 Å². The average Bonchev–Trinajstić information content (AvgIpc) is 2.55. The van der Waals surface area contributed by atoms with Gasteiger partial charge in [0.1, 0.15) is 11.4 Å². The van der Waals surface area contributed by atoms with E-state index in [-0.39, 0.29) is 0 Å². The molecule has 0 saturated carbocycles. The van der Waals surface area contributed by atoms with Crippen LogP contribution in [0.5, 0.6) is 0 Å². The maximum absolute atomic E-state index is 6.05. The minimum atomic E-state index is -1.15. The molecule has 2 aliphatic heterocycles. The lowest BCUT2D eigenvalue weighted by Gasteiger charge is -2.33. The predicted molar refractivity (Wildman–Crippen MR) is 69.2 cm³/mol. The molecule has 5 heteroatoms. The van der Waals surface area contributed by atoms with Crippen LogP contribution in [-0.4, -0.2) is 22.9 Å². The number of hydrogen-bond donors (Lipinski definition) is 3. The molecule has 0 saturated heterocycles. The van der Waals surface area contributed by atoms with Gasteiger partial charge in [0.25, 0.3) is 0 Å². The van der Waals surface area contributed by atoms with Crippen LogP contribution in [0.4, 0.5) is 5.69 Å².